The third-order valence-electron chi connectivity index (χ3n) is 3.58. The summed E-state index contributed by atoms with van der Waals surface area (Å²) in [5, 5.41) is 3.83. The van der Waals surface area contributed by atoms with Crippen LogP contribution in [0.15, 0.2) is 57.7 Å². The second-order valence-electron chi connectivity index (χ2n) is 5.13. The van der Waals surface area contributed by atoms with E-state index < -0.39 is 11.5 Å². The molecule has 0 aliphatic rings. The van der Waals surface area contributed by atoms with Crippen LogP contribution in [0.4, 0.5) is 0 Å². The highest BCUT2D eigenvalue weighted by molar-refractivity contribution is 6.31. The van der Waals surface area contributed by atoms with E-state index in [1.54, 1.807) is 36.4 Å². The molecule has 1 heterocycles. The molecule has 3 rings (SSSR count). The first kappa shape index (κ1) is 16.1. The van der Waals surface area contributed by atoms with Crippen molar-refractivity contribution in [2.24, 2.45) is 0 Å². The lowest BCUT2D eigenvalue weighted by molar-refractivity contribution is 0.0947. The summed E-state index contributed by atoms with van der Waals surface area (Å²) in [7, 11) is 1.54. The topological polar surface area (TPSA) is 68.5 Å². The van der Waals surface area contributed by atoms with Crippen LogP contribution in [-0.2, 0) is 6.54 Å². The maximum atomic E-state index is 12.3. The predicted octanol–water partition coefficient (Wildman–Crippen LogP) is 3.39. The first-order valence-electron chi connectivity index (χ1n) is 7.22. The number of amides is 1. The van der Waals surface area contributed by atoms with Crippen molar-refractivity contribution in [2.75, 3.05) is 7.11 Å². The fourth-order valence-electron chi connectivity index (χ4n) is 2.30. The van der Waals surface area contributed by atoms with Gasteiger partial charge in [-0.1, -0.05) is 29.8 Å². The van der Waals surface area contributed by atoms with E-state index in [2.05, 4.69) is 5.32 Å². The zero-order chi connectivity index (χ0) is 17.1. The van der Waals surface area contributed by atoms with Gasteiger partial charge in [-0.05, 0) is 35.9 Å². The molecule has 1 aromatic heterocycles. The minimum Gasteiger partial charge on any atom is -0.497 e. The molecule has 0 saturated carbocycles. The molecule has 122 valence electrons. The number of benzene rings is 2. The summed E-state index contributed by atoms with van der Waals surface area (Å²) in [6.07, 6.45) is 0. The van der Waals surface area contributed by atoms with Crippen molar-refractivity contribution in [3.63, 3.8) is 0 Å². The van der Waals surface area contributed by atoms with Gasteiger partial charge in [-0.2, -0.15) is 0 Å². The van der Waals surface area contributed by atoms with Gasteiger partial charge in [0.1, 0.15) is 16.9 Å². The number of carbonyl (C=O) groups excluding carboxylic acids is 1. The average Bonchev–Trinajstić information content (AvgIpc) is 2.59. The van der Waals surface area contributed by atoms with Gasteiger partial charge in [0.2, 0.25) is 0 Å². The monoisotopic (exact) mass is 343 g/mol. The summed E-state index contributed by atoms with van der Waals surface area (Å²) < 4.78 is 10.3. The second-order valence-corrected chi connectivity index (χ2v) is 5.53. The van der Waals surface area contributed by atoms with Crippen molar-refractivity contribution in [1.82, 2.24) is 5.32 Å². The van der Waals surface area contributed by atoms with Crippen molar-refractivity contribution in [3.05, 3.63) is 75.1 Å². The SMILES string of the molecule is COc1ccc2oc(=O)c(C(=O)NCc3ccccc3Cl)cc2c1. The van der Waals surface area contributed by atoms with Crippen LogP contribution in [0.25, 0.3) is 11.0 Å². The molecule has 5 nitrogen and oxygen atoms in total. The molecule has 0 fully saturated rings. The summed E-state index contributed by atoms with van der Waals surface area (Å²) in [5.74, 6) is 0.0900. The fourth-order valence-corrected chi connectivity index (χ4v) is 2.50. The molecular formula is C18H14ClNO4. The van der Waals surface area contributed by atoms with Crippen LogP contribution in [0.5, 0.6) is 5.75 Å². The van der Waals surface area contributed by atoms with Gasteiger partial charge in [0, 0.05) is 17.0 Å². The van der Waals surface area contributed by atoms with Crippen LogP contribution in [0.3, 0.4) is 0 Å². The Hall–Kier alpha value is -2.79. The normalized spacial score (nSPS) is 10.6. The zero-order valence-corrected chi connectivity index (χ0v) is 13.6. The molecule has 3 aromatic rings. The first-order chi connectivity index (χ1) is 11.6. The van der Waals surface area contributed by atoms with E-state index in [1.807, 2.05) is 6.07 Å². The molecule has 0 bridgehead atoms. The standard InChI is InChI=1S/C18H14ClNO4/c1-23-13-6-7-16-12(8-13)9-14(18(22)24-16)17(21)20-10-11-4-2-3-5-15(11)19/h2-9H,10H2,1H3,(H,20,21). The summed E-state index contributed by atoms with van der Waals surface area (Å²) in [6, 6.07) is 13.7. The van der Waals surface area contributed by atoms with E-state index in [0.29, 0.717) is 21.7 Å². The number of halogens is 1. The van der Waals surface area contributed by atoms with Gasteiger partial charge in [-0.3, -0.25) is 4.79 Å². The summed E-state index contributed by atoms with van der Waals surface area (Å²) in [5.41, 5.74) is 0.398. The lowest BCUT2D eigenvalue weighted by Crippen LogP contribution is -2.27. The maximum absolute atomic E-state index is 12.3. The Morgan fingerprint density at radius 2 is 2.00 bits per heavy atom. The lowest BCUT2D eigenvalue weighted by atomic mass is 10.1. The average molecular weight is 344 g/mol. The predicted molar refractivity (Wildman–Crippen MR) is 91.7 cm³/mol. The van der Waals surface area contributed by atoms with Gasteiger partial charge < -0.3 is 14.5 Å². The Morgan fingerprint density at radius 1 is 1.21 bits per heavy atom. The van der Waals surface area contributed by atoms with Gasteiger partial charge in [0.05, 0.1) is 7.11 Å². The highest BCUT2D eigenvalue weighted by atomic mass is 35.5. The number of methoxy groups -OCH3 is 1. The van der Waals surface area contributed by atoms with Crippen LogP contribution in [-0.4, -0.2) is 13.0 Å². The number of carbonyl (C=O) groups is 1. The molecule has 24 heavy (non-hydrogen) atoms. The van der Waals surface area contributed by atoms with E-state index >= 15 is 0 Å². The molecule has 1 amide bonds. The highest BCUT2D eigenvalue weighted by Crippen LogP contribution is 2.20. The van der Waals surface area contributed by atoms with Crippen LogP contribution < -0.4 is 15.7 Å². The number of fused-ring (bicyclic) bond motifs is 1. The molecule has 0 unspecified atom stereocenters. The summed E-state index contributed by atoms with van der Waals surface area (Å²) in [4.78, 5) is 24.3. The van der Waals surface area contributed by atoms with Gasteiger partial charge in [-0.25, -0.2) is 4.79 Å². The largest absolute Gasteiger partial charge is 0.497 e. The van der Waals surface area contributed by atoms with Crippen molar-refractivity contribution >= 4 is 28.5 Å². The highest BCUT2D eigenvalue weighted by Gasteiger charge is 2.14. The van der Waals surface area contributed by atoms with Crippen molar-refractivity contribution in [3.8, 4) is 5.75 Å². The van der Waals surface area contributed by atoms with Crippen LogP contribution in [0.1, 0.15) is 15.9 Å². The summed E-state index contributed by atoms with van der Waals surface area (Å²) >= 11 is 6.05. The molecule has 0 aliphatic carbocycles. The molecule has 1 N–H and O–H groups in total. The molecule has 0 aliphatic heterocycles. The number of nitrogens with one attached hydrogen (secondary N) is 1. The fraction of sp³-hybridized carbons (Fsp3) is 0.111. The minimum atomic E-state index is -0.690. The Bertz CT molecular complexity index is 965. The Labute approximate surface area is 142 Å². The molecule has 0 spiro atoms. The minimum absolute atomic E-state index is 0.0668. The zero-order valence-electron chi connectivity index (χ0n) is 12.8. The third kappa shape index (κ3) is 3.26. The molecular weight excluding hydrogens is 330 g/mol. The number of ether oxygens (including phenoxy) is 1. The Kier molecular flexibility index (Phi) is 4.53. The van der Waals surface area contributed by atoms with Crippen LogP contribution in [0.2, 0.25) is 5.02 Å². The van der Waals surface area contributed by atoms with E-state index in [-0.39, 0.29) is 12.1 Å². The van der Waals surface area contributed by atoms with Gasteiger partial charge in [0.25, 0.3) is 5.91 Å². The molecule has 0 saturated heterocycles. The first-order valence-corrected chi connectivity index (χ1v) is 7.60. The quantitative estimate of drug-likeness (QED) is 0.737. The van der Waals surface area contributed by atoms with E-state index in [9.17, 15) is 9.59 Å². The molecule has 2 aromatic carbocycles. The smallest absolute Gasteiger partial charge is 0.349 e. The Morgan fingerprint density at radius 3 is 2.75 bits per heavy atom. The second kappa shape index (κ2) is 6.76. The van der Waals surface area contributed by atoms with Crippen LogP contribution in [0, 0.1) is 0 Å². The van der Waals surface area contributed by atoms with Crippen LogP contribution >= 0.6 is 11.6 Å². The lowest BCUT2D eigenvalue weighted by Gasteiger charge is -2.07. The number of hydrogen-bond acceptors (Lipinski definition) is 4. The van der Waals surface area contributed by atoms with Gasteiger partial charge >= 0.3 is 5.63 Å². The van der Waals surface area contributed by atoms with Crippen molar-refractivity contribution in [1.29, 1.82) is 0 Å². The third-order valence-corrected chi connectivity index (χ3v) is 3.95. The van der Waals surface area contributed by atoms with E-state index in [0.717, 1.165) is 5.56 Å². The van der Waals surface area contributed by atoms with Gasteiger partial charge in [0.15, 0.2) is 0 Å². The number of rotatable bonds is 4. The maximum Gasteiger partial charge on any atom is 0.349 e. The molecule has 0 radical (unpaired) electrons. The van der Waals surface area contributed by atoms with Crippen molar-refractivity contribution < 1.29 is 13.9 Å². The molecule has 0 atom stereocenters. The van der Waals surface area contributed by atoms with E-state index in [4.69, 9.17) is 20.8 Å². The summed E-state index contributed by atoms with van der Waals surface area (Å²) in [6.45, 7) is 0.216. The molecule has 6 heteroatoms. The number of hydrogen-bond donors (Lipinski definition) is 1. The Balaban J connectivity index is 1.87. The van der Waals surface area contributed by atoms with E-state index in [1.165, 1.54) is 13.2 Å². The van der Waals surface area contributed by atoms with Crippen molar-refractivity contribution in [2.45, 2.75) is 6.54 Å². The van der Waals surface area contributed by atoms with Gasteiger partial charge in [-0.15, -0.1) is 0 Å².